The zero-order valence-electron chi connectivity index (χ0n) is 12.2. The highest BCUT2D eigenvalue weighted by molar-refractivity contribution is 5.87. The Kier molecular flexibility index (Phi) is 8.36. The summed E-state index contributed by atoms with van der Waals surface area (Å²) < 4.78 is 5.19. The van der Waals surface area contributed by atoms with Crippen molar-refractivity contribution in [1.82, 2.24) is 0 Å². The third kappa shape index (κ3) is 6.50. The molecule has 20 heavy (non-hydrogen) atoms. The molecule has 1 atom stereocenters. The number of unbranched alkanes of at least 4 members (excludes halogenated alkanes) is 4. The fraction of sp³-hybridized carbons (Fsp3) is 0.529. The Labute approximate surface area is 121 Å². The number of benzene rings is 1. The number of hydrogen-bond donors (Lipinski definition) is 0. The van der Waals surface area contributed by atoms with Crippen molar-refractivity contribution in [3.05, 3.63) is 35.9 Å². The summed E-state index contributed by atoms with van der Waals surface area (Å²) in [6.07, 6.45) is 6.86. The average molecular weight is 276 g/mol. The number of carbonyl (C=O) groups is 2. The first-order chi connectivity index (χ1) is 9.77. The van der Waals surface area contributed by atoms with Crippen LogP contribution in [0.15, 0.2) is 30.3 Å². The standard InChI is InChI=1S/C17H24O3/c1-2-3-4-5-9-12-16(13-18)17(19)20-14-15-10-7-6-8-11-15/h6-8,10-11,13,16H,2-5,9,12,14H2,1H3. The molecule has 1 aromatic carbocycles. The molecule has 0 amide bonds. The van der Waals surface area contributed by atoms with Crippen molar-refractivity contribution in [1.29, 1.82) is 0 Å². The molecule has 1 unspecified atom stereocenters. The summed E-state index contributed by atoms with van der Waals surface area (Å²) in [7, 11) is 0. The topological polar surface area (TPSA) is 43.4 Å². The number of esters is 1. The van der Waals surface area contributed by atoms with Gasteiger partial charge in [-0.05, 0) is 12.0 Å². The van der Waals surface area contributed by atoms with Crippen LogP contribution in [0.3, 0.4) is 0 Å². The first-order valence-electron chi connectivity index (χ1n) is 7.43. The molecule has 0 heterocycles. The van der Waals surface area contributed by atoms with E-state index in [-0.39, 0.29) is 6.61 Å². The van der Waals surface area contributed by atoms with Crippen molar-refractivity contribution in [2.24, 2.45) is 5.92 Å². The lowest BCUT2D eigenvalue weighted by atomic mass is 10.0. The largest absolute Gasteiger partial charge is 0.460 e. The fourth-order valence-corrected chi connectivity index (χ4v) is 2.04. The van der Waals surface area contributed by atoms with Gasteiger partial charge in [0.2, 0.25) is 0 Å². The van der Waals surface area contributed by atoms with Crippen LogP contribution < -0.4 is 0 Å². The fourth-order valence-electron chi connectivity index (χ4n) is 2.04. The quantitative estimate of drug-likeness (QED) is 0.282. The van der Waals surface area contributed by atoms with Gasteiger partial charge in [0.15, 0.2) is 0 Å². The van der Waals surface area contributed by atoms with E-state index in [0.717, 1.165) is 18.4 Å². The van der Waals surface area contributed by atoms with E-state index in [0.29, 0.717) is 12.7 Å². The number of ether oxygens (including phenoxy) is 1. The number of carbonyl (C=O) groups excluding carboxylic acids is 2. The van der Waals surface area contributed by atoms with Crippen molar-refractivity contribution in [2.45, 2.75) is 52.1 Å². The molecular weight excluding hydrogens is 252 g/mol. The Balaban J connectivity index is 2.26. The van der Waals surface area contributed by atoms with Gasteiger partial charge < -0.3 is 9.53 Å². The monoisotopic (exact) mass is 276 g/mol. The first-order valence-corrected chi connectivity index (χ1v) is 7.43. The number of hydrogen-bond acceptors (Lipinski definition) is 3. The van der Waals surface area contributed by atoms with E-state index in [1.807, 2.05) is 30.3 Å². The Morgan fingerprint density at radius 3 is 2.50 bits per heavy atom. The summed E-state index contributed by atoms with van der Waals surface area (Å²) in [5, 5.41) is 0. The number of aldehydes is 1. The van der Waals surface area contributed by atoms with Crippen LogP contribution >= 0.6 is 0 Å². The van der Waals surface area contributed by atoms with E-state index in [1.165, 1.54) is 19.3 Å². The van der Waals surface area contributed by atoms with Gasteiger partial charge in [0.25, 0.3) is 0 Å². The summed E-state index contributed by atoms with van der Waals surface area (Å²) in [5.41, 5.74) is 0.938. The van der Waals surface area contributed by atoms with E-state index in [4.69, 9.17) is 4.74 Å². The Morgan fingerprint density at radius 1 is 1.15 bits per heavy atom. The molecule has 0 saturated carbocycles. The molecule has 1 aromatic rings. The number of rotatable bonds is 10. The highest BCUT2D eigenvalue weighted by atomic mass is 16.5. The zero-order valence-corrected chi connectivity index (χ0v) is 12.2. The SMILES string of the molecule is CCCCCCCC(C=O)C(=O)OCc1ccccc1. The zero-order chi connectivity index (χ0) is 14.6. The van der Waals surface area contributed by atoms with E-state index < -0.39 is 11.9 Å². The molecule has 110 valence electrons. The molecule has 0 radical (unpaired) electrons. The van der Waals surface area contributed by atoms with Gasteiger partial charge in [-0.1, -0.05) is 69.4 Å². The molecule has 0 saturated heterocycles. The van der Waals surface area contributed by atoms with Crippen molar-refractivity contribution >= 4 is 12.3 Å². The van der Waals surface area contributed by atoms with Gasteiger partial charge in [0.05, 0.1) is 0 Å². The maximum absolute atomic E-state index is 11.8. The van der Waals surface area contributed by atoms with Crippen LogP contribution in [0.4, 0.5) is 0 Å². The van der Waals surface area contributed by atoms with Gasteiger partial charge in [-0.2, -0.15) is 0 Å². The second kappa shape index (κ2) is 10.2. The van der Waals surface area contributed by atoms with Gasteiger partial charge in [-0.15, -0.1) is 0 Å². The van der Waals surface area contributed by atoms with Crippen LogP contribution in [0, 0.1) is 5.92 Å². The molecular formula is C17H24O3. The van der Waals surface area contributed by atoms with Crippen molar-refractivity contribution in [2.75, 3.05) is 0 Å². The summed E-state index contributed by atoms with van der Waals surface area (Å²) in [5.74, 6) is -1.01. The predicted octanol–water partition coefficient (Wildman–Crippen LogP) is 3.91. The molecule has 0 fully saturated rings. The van der Waals surface area contributed by atoms with Crippen LogP contribution in [0.1, 0.15) is 51.0 Å². The lowest BCUT2D eigenvalue weighted by molar-refractivity contribution is -0.151. The van der Waals surface area contributed by atoms with Crippen molar-refractivity contribution in [3.8, 4) is 0 Å². The van der Waals surface area contributed by atoms with Gasteiger partial charge >= 0.3 is 5.97 Å². The molecule has 0 aliphatic heterocycles. The Hall–Kier alpha value is -1.64. The minimum atomic E-state index is -0.611. The highest BCUT2D eigenvalue weighted by Gasteiger charge is 2.18. The van der Waals surface area contributed by atoms with E-state index in [1.54, 1.807) is 0 Å². The third-order valence-electron chi connectivity index (χ3n) is 3.31. The molecule has 3 nitrogen and oxygen atoms in total. The molecule has 0 spiro atoms. The molecule has 0 aliphatic rings. The van der Waals surface area contributed by atoms with Crippen LogP contribution in [0.5, 0.6) is 0 Å². The Morgan fingerprint density at radius 2 is 1.85 bits per heavy atom. The van der Waals surface area contributed by atoms with Gasteiger partial charge in [0.1, 0.15) is 18.8 Å². The molecule has 0 aromatic heterocycles. The second-order valence-corrected chi connectivity index (χ2v) is 5.04. The van der Waals surface area contributed by atoms with Crippen LogP contribution in [0.2, 0.25) is 0 Å². The van der Waals surface area contributed by atoms with Crippen LogP contribution in [-0.2, 0) is 20.9 Å². The van der Waals surface area contributed by atoms with Crippen molar-refractivity contribution in [3.63, 3.8) is 0 Å². The van der Waals surface area contributed by atoms with E-state index in [9.17, 15) is 9.59 Å². The highest BCUT2D eigenvalue weighted by Crippen LogP contribution is 2.13. The summed E-state index contributed by atoms with van der Waals surface area (Å²) in [6, 6.07) is 9.50. The maximum atomic E-state index is 11.8. The lowest BCUT2D eigenvalue weighted by Gasteiger charge is -2.10. The van der Waals surface area contributed by atoms with Crippen LogP contribution in [-0.4, -0.2) is 12.3 Å². The molecule has 1 rings (SSSR count). The molecule has 0 aliphatic carbocycles. The summed E-state index contributed by atoms with van der Waals surface area (Å²) >= 11 is 0. The molecule has 0 N–H and O–H groups in total. The first kappa shape index (κ1) is 16.4. The maximum Gasteiger partial charge on any atom is 0.316 e. The van der Waals surface area contributed by atoms with E-state index in [2.05, 4.69) is 6.92 Å². The van der Waals surface area contributed by atoms with Gasteiger partial charge in [0, 0.05) is 0 Å². The third-order valence-corrected chi connectivity index (χ3v) is 3.31. The van der Waals surface area contributed by atoms with Crippen LogP contribution in [0.25, 0.3) is 0 Å². The van der Waals surface area contributed by atoms with E-state index >= 15 is 0 Å². The van der Waals surface area contributed by atoms with Gasteiger partial charge in [-0.25, -0.2) is 0 Å². The molecule has 0 bridgehead atoms. The predicted molar refractivity (Wildman–Crippen MR) is 79.2 cm³/mol. The second-order valence-electron chi connectivity index (χ2n) is 5.04. The smallest absolute Gasteiger partial charge is 0.316 e. The summed E-state index contributed by atoms with van der Waals surface area (Å²) in [6.45, 7) is 2.40. The minimum absolute atomic E-state index is 0.236. The minimum Gasteiger partial charge on any atom is -0.460 e. The Bertz CT molecular complexity index is 386. The van der Waals surface area contributed by atoms with Gasteiger partial charge in [-0.3, -0.25) is 4.79 Å². The molecule has 3 heteroatoms. The average Bonchev–Trinajstić information content (AvgIpc) is 2.49. The summed E-state index contributed by atoms with van der Waals surface area (Å²) in [4.78, 5) is 22.8. The normalized spacial score (nSPS) is 11.8. The lowest BCUT2D eigenvalue weighted by Crippen LogP contribution is -2.19. The van der Waals surface area contributed by atoms with Crippen molar-refractivity contribution < 1.29 is 14.3 Å².